The monoisotopic (exact) mass is 316 g/mol. The van der Waals surface area contributed by atoms with Crippen molar-refractivity contribution in [3.63, 3.8) is 0 Å². The quantitative estimate of drug-likeness (QED) is 0.654. The van der Waals surface area contributed by atoms with Crippen LogP contribution in [0.5, 0.6) is 0 Å². The van der Waals surface area contributed by atoms with Crippen LogP contribution in [0.15, 0.2) is 42.4 Å². The van der Waals surface area contributed by atoms with Crippen LogP contribution in [0, 0.1) is 6.92 Å². The van der Waals surface area contributed by atoms with Gasteiger partial charge in [0.05, 0.1) is 26.0 Å². The summed E-state index contributed by atoms with van der Waals surface area (Å²) >= 11 is 0. The average molecular weight is 316 g/mol. The summed E-state index contributed by atoms with van der Waals surface area (Å²) in [5.74, 6) is -0.667. The summed E-state index contributed by atoms with van der Waals surface area (Å²) in [7, 11) is 2.45. The average Bonchev–Trinajstić information content (AvgIpc) is 3.00. The van der Waals surface area contributed by atoms with E-state index in [1.54, 1.807) is 42.2 Å². The molecular weight excluding hydrogens is 300 g/mol. The maximum atomic E-state index is 11.7. The zero-order valence-electron chi connectivity index (χ0n) is 12.9. The number of methoxy groups -OCH3 is 2. The van der Waals surface area contributed by atoms with Crippen LogP contribution in [0.4, 0.5) is 5.69 Å². The zero-order valence-corrected chi connectivity index (χ0v) is 12.9. The molecule has 1 N–H and O–H groups in total. The van der Waals surface area contributed by atoms with Crippen LogP contribution in [0.1, 0.15) is 5.82 Å². The van der Waals surface area contributed by atoms with Crippen LogP contribution in [-0.4, -0.2) is 40.9 Å². The topological polar surface area (TPSA) is 95.3 Å². The zero-order chi connectivity index (χ0) is 16.8. The molecule has 0 aliphatic carbocycles. The molecule has 8 nitrogen and oxygen atoms in total. The van der Waals surface area contributed by atoms with Crippen molar-refractivity contribution < 1.29 is 19.1 Å². The van der Waals surface area contributed by atoms with Crippen LogP contribution < -0.4 is 5.32 Å². The Morgan fingerprint density at radius 2 is 1.87 bits per heavy atom. The second-order valence-electron chi connectivity index (χ2n) is 4.48. The number of carbonyl (C=O) groups excluding carboxylic acids is 2. The number of aromatic nitrogens is 3. The van der Waals surface area contributed by atoms with Crippen molar-refractivity contribution >= 4 is 17.6 Å². The molecule has 2 aromatic rings. The fourth-order valence-corrected chi connectivity index (χ4v) is 1.76. The van der Waals surface area contributed by atoms with E-state index in [1.165, 1.54) is 14.2 Å². The first-order valence-electron chi connectivity index (χ1n) is 6.67. The molecule has 0 radical (unpaired) electrons. The van der Waals surface area contributed by atoms with E-state index in [9.17, 15) is 9.59 Å². The van der Waals surface area contributed by atoms with Gasteiger partial charge in [0.2, 0.25) is 0 Å². The molecule has 8 heteroatoms. The predicted octanol–water partition coefficient (Wildman–Crippen LogP) is 1.22. The van der Waals surface area contributed by atoms with E-state index in [0.29, 0.717) is 11.5 Å². The minimum absolute atomic E-state index is 0.0244. The normalized spacial score (nSPS) is 11.0. The smallest absolute Gasteiger partial charge is 0.354 e. The van der Waals surface area contributed by atoms with Crippen LogP contribution in [-0.2, 0) is 19.1 Å². The fraction of sp³-hybridized carbons (Fsp3) is 0.200. The lowest BCUT2D eigenvalue weighted by Crippen LogP contribution is -2.15. The largest absolute Gasteiger partial charge is 0.466 e. The summed E-state index contributed by atoms with van der Waals surface area (Å²) in [6.45, 7) is 1.80. The first-order valence-corrected chi connectivity index (χ1v) is 6.67. The van der Waals surface area contributed by atoms with Crippen LogP contribution in [0.2, 0.25) is 0 Å². The van der Waals surface area contributed by atoms with E-state index in [1.807, 2.05) is 0 Å². The first kappa shape index (κ1) is 16.2. The Morgan fingerprint density at radius 3 is 2.39 bits per heavy atom. The van der Waals surface area contributed by atoms with Crippen molar-refractivity contribution in [3.05, 3.63) is 48.2 Å². The van der Waals surface area contributed by atoms with E-state index >= 15 is 0 Å². The standard InChI is InChI=1S/C15H16N4O4/c1-10-16-9-19(18-10)12-6-4-11(5-7-12)17-13(15(21)23-3)8-14(20)22-2/h4-9,17H,1-3H3/b13-8+. The van der Waals surface area contributed by atoms with Crippen molar-refractivity contribution in [1.82, 2.24) is 14.8 Å². The third kappa shape index (κ3) is 4.16. The van der Waals surface area contributed by atoms with Gasteiger partial charge in [-0.1, -0.05) is 0 Å². The van der Waals surface area contributed by atoms with Crippen molar-refractivity contribution in [2.75, 3.05) is 19.5 Å². The minimum atomic E-state index is -0.675. The SMILES string of the molecule is COC(=O)/C=C(/Nc1ccc(-n2cnc(C)n2)cc1)C(=O)OC. The molecule has 0 spiro atoms. The summed E-state index contributed by atoms with van der Waals surface area (Å²) in [5.41, 5.74) is 1.39. The number of ether oxygens (including phenoxy) is 2. The van der Waals surface area contributed by atoms with Gasteiger partial charge in [-0.05, 0) is 31.2 Å². The second kappa shape index (κ2) is 7.21. The Morgan fingerprint density at radius 1 is 1.17 bits per heavy atom. The molecule has 0 aliphatic heterocycles. The lowest BCUT2D eigenvalue weighted by Gasteiger charge is -2.09. The fourth-order valence-electron chi connectivity index (χ4n) is 1.76. The third-order valence-electron chi connectivity index (χ3n) is 2.89. The number of nitrogens with zero attached hydrogens (tertiary/aromatic N) is 3. The summed E-state index contributed by atoms with van der Waals surface area (Å²) < 4.78 is 10.8. The van der Waals surface area contributed by atoms with E-state index in [4.69, 9.17) is 0 Å². The van der Waals surface area contributed by atoms with Gasteiger partial charge in [-0.25, -0.2) is 19.3 Å². The van der Waals surface area contributed by atoms with Gasteiger partial charge in [0.15, 0.2) is 0 Å². The predicted molar refractivity (Wildman–Crippen MR) is 81.8 cm³/mol. The highest BCUT2D eigenvalue weighted by Crippen LogP contribution is 2.15. The number of esters is 2. The maximum Gasteiger partial charge on any atom is 0.354 e. The van der Waals surface area contributed by atoms with Crippen molar-refractivity contribution in [2.45, 2.75) is 6.92 Å². The first-order chi connectivity index (χ1) is 11.0. The molecule has 0 amide bonds. The van der Waals surface area contributed by atoms with Gasteiger partial charge < -0.3 is 14.8 Å². The highest BCUT2D eigenvalue weighted by atomic mass is 16.5. The molecule has 23 heavy (non-hydrogen) atoms. The summed E-state index contributed by atoms with van der Waals surface area (Å²) in [6.07, 6.45) is 2.63. The van der Waals surface area contributed by atoms with E-state index < -0.39 is 11.9 Å². The molecule has 0 fully saturated rings. The molecule has 0 bridgehead atoms. The molecule has 0 aliphatic rings. The van der Waals surface area contributed by atoms with Gasteiger partial charge in [0.25, 0.3) is 0 Å². The van der Waals surface area contributed by atoms with Crippen LogP contribution in [0.3, 0.4) is 0 Å². The van der Waals surface area contributed by atoms with Gasteiger partial charge in [0.1, 0.15) is 17.8 Å². The Balaban J connectivity index is 2.19. The van der Waals surface area contributed by atoms with E-state index in [0.717, 1.165) is 11.8 Å². The van der Waals surface area contributed by atoms with Crippen LogP contribution in [0.25, 0.3) is 5.69 Å². The molecule has 1 aromatic heterocycles. The lowest BCUT2D eigenvalue weighted by molar-refractivity contribution is -0.138. The van der Waals surface area contributed by atoms with Crippen molar-refractivity contribution in [3.8, 4) is 5.69 Å². The summed E-state index contributed by atoms with van der Waals surface area (Å²) in [6, 6.07) is 7.06. The molecule has 1 heterocycles. The van der Waals surface area contributed by atoms with E-state index in [2.05, 4.69) is 24.9 Å². The Hall–Kier alpha value is -3.16. The van der Waals surface area contributed by atoms with Crippen molar-refractivity contribution in [2.24, 2.45) is 0 Å². The Kier molecular flexibility index (Phi) is 5.08. The molecular formula is C15H16N4O4. The number of carbonyl (C=O) groups is 2. The van der Waals surface area contributed by atoms with Gasteiger partial charge in [0, 0.05) is 5.69 Å². The van der Waals surface area contributed by atoms with E-state index in [-0.39, 0.29) is 5.70 Å². The highest BCUT2D eigenvalue weighted by Gasteiger charge is 2.12. The number of rotatable bonds is 5. The number of nitrogens with one attached hydrogen (secondary N) is 1. The second-order valence-corrected chi connectivity index (χ2v) is 4.48. The van der Waals surface area contributed by atoms with Gasteiger partial charge in [-0.2, -0.15) is 5.10 Å². The molecule has 1 aromatic carbocycles. The number of hydrogen-bond donors (Lipinski definition) is 1. The van der Waals surface area contributed by atoms with Gasteiger partial charge >= 0.3 is 11.9 Å². The lowest BCUT2D eigenvalue weighted by atomic mass is 10.2. The maximum absolute atomic E-state index is 11.7. The molecule has 0 unspecified atom stereocenters. The Labute approximate surface area is 132 Å². The van der Waals surface area contributed by atoms with Crippen LogP contribution >= 0.6 is 0 Å². The highest BCUT2D eigenvalue weighted by molar-refractivity contribution is 5.98. The van der Waals surface area contributed by atoms with Gasteiger partial charge in [-0.15, -0.1) is 0 Å². The molecule has 0 saturated heterocycles. The Bertz CT molecular complexity index is 734. The summed E-state index contributed by atoms with van der Waals surface area (Å²) in [4.78, 5) is 27.0. The number of benzene rings is 1. The number of anilines is 1. The number of aryl methyl sites for hydroxylation is 1. The van der Waals surface area contributed by atoms with Gasteiger partial charge in [-0.3, -0.25) is 0 Å². The molecule has 0 saturated carbocycles. The summed E-state index contributed by atoms with van der Waals surface area (Å²) in [5, 5.41) is 7.02. The molecule has 2 rings (SSSR count). The molecule has 120 valence electrons. The third-order valence-corrected chi connectivity index (χ3v) is 2.89. The van der Waals surface area contributed by atoms with Crippen molar-refractivity contribution in [1.29, 1.82) is 0 Å². The number of hydrogen-bond acceptors (Lipinski definition) is 7. The molecule has 0 atom stereocenters. The minimum Gasteiger partial charge on any atom is -0.466 e.